The standard InChI is InChI=1S/C21H29NO3/c1-16(2)13-25-20-8-6-18(7-9-20)19-5-3-4-17(12-19)10-11-21(22,14-23)15-24/h3-9,12,16,23-24H,10-11,13-15,22H2,1-2H3. The quantitative estimate of drug-likeness (QED) is 0.654. The lowest BCUT2D eigenvalue weighted by atomic mass is 9.93. The van der Waals surface area contributed by atoms with Crippen LogP contribution < -0.4 is 10.5 Å². The van der Waals surface area contributed by atoms with E-state index < -0.39 is 5.54 Å². The zero-order chi connectivity index (χ0) is 18.3. The summed E-state index contributed by atoms with van der Waals surface area (Å²) >= 11 is 0. The Labute approximate surface area is 150 Å². The van der Waals surface area contributed by atoms with Gasteiger partial charge in [-0.15, -0.1) is 0 Å². The Morgan fingerprint density at radius 1 is 1.00 bits per heavy atom. The molecule has 0 unspecified atom stereocenters. The van der Waals surface area contributed by atoms with Crippen LogP contribution >= 0.6 is 0 Å². The van der Waals surface area contributed by atoms with E-state index in [0.29, 0.717) is 25.4 Å². The van der Waals surface area contributed by atoms with Crippen molar-refractivity contribution in [3.63, 3.8) is 0 Å². The van der Waals surface area contributed by atoms with Gasteiger partial charge in [-0.3, -0.25) is 0 Å². The highest BCUT2D eigenvalue weighted by Crippen LogP contribution is 2.24. The largest absolute Gasteiger partial charge is 0.493 e. The number of nitrogens with two attached hydrogens (primary N) is 1. The van der Waals surface area contributed by atoms with Crippen LogP contribution in [0.1, 0.15) is 25.8 Å². The molecule has 4 N–H and O–H groups in total. The van der Waals surface area contributed by atoms with Crippen molar-refractivity contribution < 1.29 is 14.9 Å². The molecule has 0 aromatic heterocycles. The van der Waals surface area contributed by atoms with Gasteiger partial charge in [0.2, 0.25) is 0 Å². The first kappa shape index (κ1) is 19.4. The molecule has 4 heteroatoms. The molecule has 0 spiro atoms. The van der Waals surface area contributed by atoms with Gasteiger partial charge in [0.15, 0.2) is 0 Å². The van der Waals surface area contributed by atoms with Crippen LogP contribution in [0.4, 0.5) is 0 Å². The van der Waals surface area contributed by atoms with E-state index in [-0.39, 0.29) is 13.2 Å². The Bertz CT molecular complexity index is 648. The molecule has 0 atom stereocenters. The molecule has 0 aliphatic carbocycles. The van der Waals surface area contributed by atoms with E-state index in [4.69, 9.17) is 10.5 Å². The van der Waals surface area contributed by atoms with Gasteiger partial charge in [-0.2, -0.15) is 0 Å². The highest BCUT2D eigenvalue weighted by atomic mass is 16.5. The summed E-state index contributed by atoms with van der Waals surface area (Å²) in [7, 11) is 0. The maximum absolute atomic E-state index is 9.30. The Hall–Kier alpha value is -1.88. The number of ether oxygens (including phenoxy) is 1. The van der Waals surface area contributed by atoms with Gasteiger partial charge in [-0.1, -0.05) is 50.2 Å². The van der Waals surface area contributed by atoms with E-state index in [1.807, 2.05) is 24.3 Å². The molecule has 0 bridgehead atoms. The summed E-state index contributed by atoms with van der Waals surface area (Å²) in [5, 5.41) is 18.6. The minimum absolute atomic E-state index is 0.221. The van der Waals surface area contributed by atoms with Crippen LogP contribution in [0.2, 0.25) is 0 Å². The number of hydrogen-bond donors (Lipinski definition) is 3. The van der Waals surface area contributed by atoms with Crippen molar-refractivity contribution in [2.75, 3.05) is 19.8 Å². The fourth-order valence-corrected chi connectivity index (χ4v) is 2.51. The molecule has 0 saturated carbocycles. The number of aliphatic hydroxyl groups excluding tert-OH is 2. The molecule has 0 aliphatic rings. The van der Waals surface area contributed by atoms with Crippen molar-refractivity contribution in [1.29, 1.82) is 0 Å². The van der Waals surface area contributed by atoms with Gasteiger partial charge in [0, 0.05) is 0 Å². The zero-order valence-corrected chi connectivity index (χ0v) is 15.1. The minimum atomic E-state index is -0.925. The summed E-state index contributed by atoms with van der Waals surface area (Å²) in [6, 6.07) is 16.4. The molecule has 0 aliphatic heterocycles. The number of hydrogen-bond acceptors (Lipinski definition) is 4. The Kier molecular flexibility index (Phi) is 7.00. The van der Waals surface area contributed by atoms with Crippen LogP contribution in [-0.2, 0) is 6.42 Å². The van der Waals surface area contributed by atoms with Crippen LogP contribution in [0.25, 0.3) is 11.1 Å². The fourth-order valence-electron chi connectivity index (χ4n) is 2.51. The third kappa shape index (κ3) is 5.85. The lowest BCUT2D eigenvalue weighted by molar-refractivity contribution is 0.115. The van der Waals surface area contributed by atoms with E-state index in [2.05, 4.69) is 38.1 Å². The first-order valence-electron chi connectivity index (χ1n) is 8.78. The molecule has 2 rings (SSSR count). The smallest absolute Gasteiger partial charge is 0.119 e. The maximum Gasteiger partial charge on any atom is 0.119 e. The van der Waals surface area contributed by atoms with Gasteiger partial charge in [-0.05, 0) is 47.6 Å². The maximum atomic E-state index is 9.30. The Balaban J connectivity index is 2.05. The molecule has 2 aromatic carbocycles. The van der Waals surface area contributed by atoms with Crippen LogP contribution in [-0.4, -0.2) is 35.6 Å². The predicted molar refractivity (Wildman–Crippen MR) is 102 cm³/mol. The van der Waals surface area contributed by atoms with Crippen molar-refractivity contribution in [3.8, 4) is 16.9 Å². The SMILES string of the molecule is CC(C)COc1ccc(-c2cccc(CCC(N)(CO)CO)c2)cc1. The lowest BCUT2D eigenvalue weighted by Gasteiger charge is -2.24. The number of rotatable bonds is 9. The molecule has 4 nitrogen and oxygen atoms in total. The highest BCUT2D eigenvalue weighted by Gasteiger charge is 2.22. The third-order valence-electron chi connectivity index (χ3n) is 4.24. The average molecular weight is 343 g/mol. The summed E-state index contributed by atoms with van der Waals surface area (Å²) in [5.41, 5.74) is 8.41. The molecule has 2 aromatic rings. The number of aliphatic hydroxyl groups is 2. The second kappa shape index (κ2) is 8.99. The van der Waals surface area contributed by atoms with Crippen molar-refractivity contribution in [2.45, 2.75) is 32.2 Å². The lowest BCUT2D eigenvalue weighted by Crippen LogP contribution is -2.47. The fraction of sp³-hybridized carbons (Fsp3) is 0.429. The third-order valence-corrected chi connectivity index (χ3v) is 4.24. The molecule has 136 valence electrons. The Morgan fingerprint density at radius 2 is 1.68 bits per heavy atom. The van der Waals surface area contributed by atoms with E-state index in [1.165, 1.54) is 0 Å². The van der Waals surface area contributed by atoms with Crippen molar-refractivity contribution in [1.82, 2.24) is 0 Å². The van der Waals surface area contributed by atoms with Gasteiger partial charge in [0.1, 0.15) is 5.75 Å². The second-order valence-corrected chi connectivity index (χ2v) is 7.11. The monoisotopic (exact) mass is 343 g/mol. The summed E-state index contributed by atoms with van der Waals surface area (Å²) in [5.74, 6) is 1.39. The van der Waals surface area contributed by atoms with Crippen LogP contribution in [0.15, 0.2) is 48.5 Å². The second-order valence-electron chi connectivity index (χ2n) is 7.11. The highest BCUT2D eigenvalue weighted by molar-refractivity contribution is 5.64. The molecule has 0 radical (unpaired) electrons. The van der Waals surface area contributed by atoms with Crippen molar-refractivity contribution in [2.24, 2.45) is 11.7 Å². The van der Waals surface area contributed by atoms with E-state index >= 15 is 0 Å². The van der Waals surface area contributed by atoms with E-state index in [9.17, 15) is 10.2 Å². The summed E-state index contributed by atoms with van der Waals surface area (Å²) in [4.78, 5) is 0. The van der Waals surface area contributed by atoms with Crippen LogP contribution in [0.3, 0.4) is 0 Å². The molecular formula is C21H29NO3. The summed E-state index contributed by atoms with van der Waals surface area (Å²) < 4.78 is 5.72. The zero-order valence-electron chi connectivity index (χ0n) is 15.1. The first-order chi connectivity index (χ1) is 12.0. The van der Waals surface area contributed by atoms with Gasteiger partial charge in [-0.25, -0.2) is 0 Å². The summed E-state index contributed by atoms with van der Waals surface area (Å²) in [6.45, 7) is 4.53. The van der Waals surface area contributed by atoms with Crippen LogP contribution in [0.5, 0.6) is 5.75 Å². The summed E-state index contributed by atoms with van der Waals surface area (Å²) in [6.07, 6.45) is 1.24. The van der Waals surface area contributed by atoms with Gasteiger partial charge in [0.25, 0.3) is 0 Å². The molecule has 0 amide bonds. The minimum Gasteiger partial charge on any atom is -0.493 e. The number of aryl methyl sites for hydroxylation is 1. The number of benzene rings is 2. The molecule has 0 fully saturated rings. The van der Waals surface area contributed by atoms with E-state index in [0.717, 1.165) is 22.4 Å². The Morgan fingerprint density at radius 3 is 2.28 bits per heavy atom. The van der Waals surface area contributed by atoms with Gasteiger partial charge >= 0.3 is 0 Å². The molecule has 0 heterocycles. The molecule has 25 heavy (non-hydrogen) atoms. The van der Waals surface area contributed by atoms with Crippen LogP contribution in [0, 0.1) is 5.92 Å². The van der Waals surface area contributed by atoms with Crippen molar-refractivity contribution >= 4 is 0 Å². The van der Waals surface area contributed by atoms with Crippen molar-refractivity contribution in [3.05, 3.63) is 54.1 Å². The van der Waals surface area contributed by atoms with Gasteiger partial charge in [0.05, 0.1) is 25.4 Å². The normalized spacial score (nSPS) is 11.8. The molecule has 0 saturated heterocycles. The average Bonchev–Trinajstić information content (AvgIpc) is 2.65. The predicted octanol–water partition coefficient (Wildman–Crippen LogP) is 3.00. The topological polar surface area (TPSA) is 75.7 Å². The van der Waals surface area contributed by atoms with Gasteiger partial charge < -0.3 is 20.7 Å². The molecular weight excluding hydrogens is 314 g/mol. The first-order valence-corrected chi connectivity index (χ1v) is 8.78. The van der Waals surface area contributed by atoms with E-state index in [1.54, 1.807) is 0 Å².